The Labute approximate surface area is 218 Å². The maximum absolute atomic E-state index is 13.1. The smallest absolute Gasteiger partial charge is 0.306 e. The van der Waals surface area contributed by atoms with E-state index in [1.54, 1.807) is 26.8 Å². The van der Waals surface area contributed by atoms with Gasteiger partial charge in [-0.05, 0) is 64.9 Å². The summed E-state index contributed by atoms with van der Waals surface area (Å²) in [6.07, 6.45) is 3.23. The number of carbonyl (C=O) groups is 3. The zero-order chi connectivity index (χ0) is 26.9. The Bertz CT molecular complexity index is 1180. The molecule has 1 unspecified atom stereocenters. The fourth-order valence-electron chi connectivity index (χ4n) is 5.00. The highest BCUT2D eigenvalue weighted by Gasteiger charge is 2.36. The normalized spacial score (nSPS) is 18.8. The van der Waals surface area contributed by atoms with Gasteiger partial charge in [0, 0.05) is 49.9 Å². The van der Waals surface area contributed by atoms with Gasteiger partial charge in [-0.1, -0.05) is 6.07 Å². The summed E-state index contributed by atoms with van der Waals surface area (Å²) in [7, 11) is 4.11. The molecule has 2 amide bonds. The molecule has 0 bridgehead atoms. The van der Waals surface area contributed by atoms with Crippen molar-refractivity contribution in [3.8, 4) is 11.3 Å². The summed E-state index contributed by atoms with van der Waals surface area (Å²) < 4.78 is 7.36. The molecule has 0 saturated carbocycles. The number of nitrogens with two attached hydrogens (primary N) is 1. The highest BCUT2D eigenvalue weighted by Crippen LogP contribution is 2.30. The van der Waals surface area contributed by atoms with E-state index in [2.05, 4.69) is 17.3 Å². The molecule has 2 atom stereocenters. The van der Waals surface area contributed by atoms with Crippen molar-refractivity contribution < 1.29 is 19.1 Å². The molecule has 0 radical (unpaired) electrons. The molecular formula is C27H38N6O4. The van der Waals surface area contributed by atoms with Crippen molar-refractivity contribution in [2.45, 2.75) is 70.8 Å². The quantitative estimate of drug-likeness (QED) is 0.493. The van der Waals surface area contributed by atoms with Gasteiger partial charge in [-0.25, -0.2) is 4.98 Å². The summed E-state index contributed by atoms with van der Waals surface area (Å²) in [4.78, 5) is 46.1. The van der Waals surface area contributed by atoms with E-state index >= 15 is 0 Å². The van der Waals surface area contributed by atoms with Crippen LogP contribution in [0.1, 0.15) is 61.8 Å². The number of nitrogens with one attached hydrogen (secondary N) is 1. The minimum absolute atomic E-state index is 0.00184. The fraction of sp³-hybridized carbons (Fsp3) is 0.556. The van der Waals surface area contributed by atoms with E-state index in [1.807, 2.05) is 29.9 Å². The molecule has 37 heavy (non-hydrogen) atoms. The van der Waals surface area contributed by atoms with Crippen LogP contribution in [0.2, 0.25) is 0 Å². The molecule has 2 aliphatic heterocycles. The zero-order valence-electron chi connectivity index (χ0n) is 22.4. The molecule has 3 heterocycles. The van der Waals surface area contributed by atoms with Crippen LogP contribution in [0.5, 0.6) is 0 Å². The predicted molar refractivity (Wildman–Crippen MR) is 139 cm³/mol. The lowest BCUT2D eigenvalue weighted by atomic mass is 10.0. The molecule has 4 rings (SSSR count). The first-order chi connectivity index (χ1) is 17.4. The molecule has 2 aromatic rings. The largest absolute Gasteiger partial charge is 0.460 e. The number of aromatic nitrogens is 2. The summed E-state index contributed by atoms with van der Waals surface area (Å²) in [6.45, 7) is 8.42. The second kappa shape index (κ2) is 10.6. The van der Waals surface area contributed by atoms with Crippen LogP contribution in [0, 0.1) is 0 Å². The SMILES string of the molecule is CN1CC[C@H](NCc2nc(-c3ccc4c(c3)CN(C(CCC(=O)OC(C)(C)C)C(N)=O)C4=O)cn2C)C1. The molecule has 0 spiro atoms. The second-order valence-corrected chi connectivity index (χ2v) is 11.1. The summed E-state index contributed by atoms with van der Waals surface area (Å²) in [5.74, 6) is -0.383. The number of hydrogen-bond acceptors (Lipinski definition) is 7. The van der Waals surface area contributed by atoms with Gasteiger partial charge in [-0.15, -0.1) is 0 Å². The number of aryl methyl sites for hydroxylation is 1. The number of carbonyl (C=O) groups excluding carboxylic acids is 3. The van der Waals surface area contributed by atoms with Gasteiger partial charge in [0.15, 0.2) is 0 Å². The molecule has 1 fully saturated rings. The number of fused-ring (bicyclic) bond motifs is 1. The van der Waals surface area contributed by atoms with Crippen LogP contribution in [-0.2, 0) is 34.5 Å². The lowest BCUT2D eigenvalue weighted by Gasteiger charge is -2.25. The molecular weight excluding hydrogens is 472 g/mol. The topological polar surface area (TPSA) is 123 Å². The third kappa shape index (κ3) is 6.37. The van der Waals surface area contributed by atoms with E-state index in [1.165, 1.54) is 4.90 Å². The fourth-order valence-corrected chi connectivity index (χ4v) is 5.00. The minimum atomic E-state index is -0.891. The van der Waals surface area contributed by atoms with Crippen molar-refractivity contribution in [2.75, 3.05) is 20.1 Å². The predicted octanol–water partition coefficient (Wildman–Crippen LogP) is 1.81. The van der Waals surface area contributed by atoms with Crippen LogP contribution in [0.3, 0.4) is 0 Å². The van der Waals surface area contributed by atoms with Crippen molar-refractivity contribution >= 4 is 17.8 Å². The van der Waals surface area contributed by atoms with Gasteiger partial charge in [0.25, 0.3) is 5.91 Å². The molecule has 1 aromatic carbocycles. The first kappa shape index (κ1) is 26.8. The van der Waals surface area contributed by atoms with Crippen molar-refractivity contribution in [1.29, 1.82) is 0 Å². The number of nitrogens with zero attached hydrogens (tertiary/aromatic N) is 4. The van der Waals surface area contributed by atoms with Gasteiger partial charge >= 0.3 is 5.97 Å². The summed E-state index contributed by atoms with van der Waals surface area (Å²) >= 11 is 0. The zero-order valence-corrected chi connectivity index (χ0v) is 22.4. The van der Waals surface area contributed by atoms with Crippen LogP contribution in [0.4, 0.5) is 0 Å². The number of hydrogen-bond donors (Lipinski definition) is 2. The highest BCUT2D eigenvalue weighted by atomic mass is 16.6. The highest BCUT2D eigenvalue weighted by molar-refractivity contribution is 6.01. The Balaban J connectivity index is 1.44. The average Bonchev–Trinajstić information content (AvgIpc) is 3.48. The number of likely N-dealkylation sites (tertiary alicyclic amines) is 1. The lowest BCUT2D eigenvalue weighted by Crippen LogP contribution is -2.45. The van der Waals surface area contributed by atoms with E-state index < -0.39 is 23.5 Å². The average molecular weight is 511 g/mol. The Kier molecular flexibility index (Phi) is 7.70. The van der Waals surface area contributed by atoms with Gasteiger partial charge in [0.2, 0.25) is 5.91 Å². The van der Waals surface area contributed by atoms with Crippen LogP contribution < -0.4 is 11.1 Å². The van der Waals surface area contributed by atoms with Crippen molar-refractivity contribution in [3.63, 3.8) is 0 Å². The number of amides is 2. The number of imidazole rings is 1. The number of esters is 1. The molecule has 1 saturated heterocycles. The van der Waals surface area contributed by atoms with Gasteiger partial charge in [0.05, 0.1) is 12.2 Å². The van der Waals surface area contributed by atoms with Gasteiger partial charge in [-0.2, -0.15) is 0 Å². The van der Waals surface area contributed by atoms with E-state index in [0.29, 0.717) is 18.2 Å². The van der Waals surface area contributed by atoms with Gasteiger partial charge in [-0.3, -0.25) is 14.4 Å². The molecule has 10 heteroatoms. The standard InChI is InChI=1S/C27H38N6O4/c1-27(2,3)37-24(34)9-8-22(25(28)35)33-14-18-12-17(6-7-20(18)26(33)36)21-16-32(5)23(30-21)13-29-19-10-11-31(4)15-19/h6-7,12,16,19,22,29H,8-11,13-15H2,1-5H3,(H2,28,35)/t19-,22?/m0/s1. The van der Waals surface area contributed by atoms with Crippen LogP contribution >= 0.6 is 0 Å². The third-order valence-corrected chi connectivity index (χ3v) is 6.89. The summed E-state index contributed by atoms with van der Waals surface area (Å²) in [6, 6.07) is 5.18. The maximum atomic E-state index is 13.1. The lowest BCUT2D eigenvalue weighted by molar-refractivity contribution is -0.155. The van der Waals surface area contributed by atoms with Crippen molar-refractivity contribution in [3.05, 3.63) is 41.3 Å². The Hall–Kier alpha value is -3.24. The monoisotopic (exact) mass is 510 g/mol. The molecule has 1 aromatic heterocycles. The van der Waals surface area contributed by atoms with E-state index in [-0.39, 0.29) is 25.3 Å². The van der Waals surface area contributed by atoms with Crippen LogP contribution in [0.15, 0.2) is 24.4 Å². The number of rotatable bonds is 9. The van der Waals surface area contributed by atoms with Gasteiger partial charge in [0.1, 0.15) is 17.5 Å². The summed E-state index contributed by atoms with van der Waals surface area (Å²) in [5.41, 5.74) is 8.10. The molecule has 3 N–H and O–H groups in total. The first-order valence-electron chi connectivity index (χ1n) is 12.8. The molecule has 200 valence electrons. The third-order valence-electron chi connectivity index (χ3n) is 6.89. The van der Waals surface area contributed by atoms with Crippen LogP contribution in [-0.4, -0.2) is 75.0 Å². The number of ether oxygens (including phenoxy) is 1. The van der Waals surface area contributed by atoms with Crippen molar-refractivity contribution in [1.82, 2.24) is 24.7 Å². The number of likely N-dealkylation sites (N-methyl/N-ethyl adjacent to an activating group) is 1. The Morgan fingerprint density at radius 3 is 2.68 bits per heavy atom. The van der Waals surface area contributed by atoms with E-state index in [4.69, 9.17) is 15.5 Å². The number of benzene rings is 1. The van der Waals surface area contributed by atoms with E-state index in [0.717, 1.165) is 42.2 Å². The minimum Gasteiger partial charge on any atom is -0.460 e. The second-order valence-electron chi connectivity index (χ2n) is 11.1. The van der Waals surface area contributed by atoms with Crippen molar-refractivity contribution in [2.24, 2.45) is 12.8 Å². The Morgan fingerprint density at radius 1 is 1.27 bits per heavy atom. The Morgan fingerprint density at radius 2 is 2.03 bits per heavy atom. The molecule has 2 aliphatic rings. The van der Waals surface area contributed by atoms with E-state index in [9.17, 15) is 14.4 Å². The first-order valence-corrected chi connectivity index (χ1v) is 12.8. The number of primary amides is 1. The van der Waals surface area contributed by atoms with Gasteiger partial charge < -0.3 is 30.2 Å². The van der Waals surface area contributed by atoms with Crippen LogP contribution in [0.25, 0.3) is 11.3 Å². The maximum Gasteiger partial charge on any atom is 0.306 e. The molecule has 10 nitrogen and oxygen atoms in total. The summed E-state index contributed by atoms with van der Waals surface area (Å²) in [5, 5.41) is 3.59. The molecule has 0 aliphatic carbocycles.